The molecule has 3 N–H and O–H groups in total. The van der Waals surface area contributed by atoms with Crippen LogP contribution in [0.3, 0.4) is 0 Å². The number of carbonyl (C=O) groups excluding carboxylic acids is 2. The number of rotatable bonds is 5. The maximum absolute atomic E-state index is 11.3. The minimum atomic E-state index is -0.360. The fourth-order valence-electron chi connectivity index (χ4n) is 2.39. The molecule has 4 nitrogen and oxygen atoms in total. The molecule has 0 bridgehead atoms. The van der Waals surface area contributed by atoms with Gasteiger partial charge in [0.2, 0.25) is 11.8 Å². The molecule has 0 saturated carbocycles. The number of primary amides is 1. The van der Waals surface area contributed by atoms with Gasteiger partial charge < -0.3 is 11.1 Å². The lowest BCUT2D eigenvalue weighted by molar-refractivity contribution is -0.117. The quantitative estimate of drug-likeness (QED) is 0.832. The molecule has 4 heteroatoms. The van der Waals surface area contributed by atoms with Gasteiger partial charge in [-0.15, -0.1) is 0 Å². The first-order chi connectivity index (χ1) is 10.5. The highest BCUT2D eigenvalue weighted by Gasteiger charge is 2.10. The first kappa shape index (κ1) is 15.5. The van der Waals surface area contributed by atoms with E-state index in [1.165, 1.54) is 6.08 Å². The van der Waals surface area contributed by atoms with Crippen molar-refractivity contribution in [1.29, 1.82) is 0 Å². The van der Waals surface area contributed by atoms with Crippen molar-refractivity contribution in [2.24, 2.45) is 5.73 Å². The molecule has 0 spiro atoms. The van der Waals surface area contributed by atoms with E-state index in [-0.39, 0.29) is 18.2 Å². The van der Waals surface area contributed by atoms with Crippen molar-refractivity contribution in [2.45, 2.75) is 13.3 Å². The highest BCUT2D eigenvalue weighted by atomic mass is 16.1. The van der Waals surface area contributed by atoms with E-state index in [0.29, 0.717) is 5.69 Å². The number of hydrogen-bond donors (Lipinski definition) is 2. The Morgan fingerprint density at radius 1 is 1.18 bits per heavy atom. The average Bonchev–Trinajstić information content (AvgIpc) is 2.48. The maximum Gasteiger partial charge on any atom is 0.247 e. The number of carbonyl (C=O) groups is 2. The fourth-order valence-corrected chi connectivity index (χ4v) is 2.39. The van der Waals surface area contributed by atoms with E-state index in [1.54, 1.807) is 0 Å². The average molecular weight is 294 g/mol. The van der Waals surface area contributed by atoms with Crippen molar-refractivity contribution in [1.82, 2.24) is 0 Å². The van der Waals surface area contributed by atoms with Crippen molar-refractivity contribution in [3.05, 3.63) is 66.2 Å². The summed E-state index contributed by atoms with van der Waals surface area (Å²) in [6.07, 6.45) is 1.42. The third-order valence-electron chi connectivity index (χ3n) is 3.35. The number of anilines is 1. The number of nitrogens with one attached hydrogen (secondary N) is 1. The minimum absolute atomic E-state index is 0.200. The van der Waals surface area contributed by atoms with E-state index in [9.17, 15) is 9.59 Å². The molecule has 0 aliphatic heterocycles. The lowest BCUT2D eigenvalue weighted by atomic mass is 9.93. The summed E-state index contributed by atoms with van der Waals surface area (Å²) in [4.78, 5) is 22.5. The van der Waals surface area contributed by atoms with Gasteiger partial charge in [-0.05, 0) is 47.4 Å². The molecule has 2 rings (SSSR count). The van der Waals surface area contributed by atoms with Gasteiger partial charge in [-0.2, -0.15) is 0 Å². The Morgan fingerprint density at radius 3 is 2.45 bits per heavy atom. The highest BCUT2D eigenvalue weighted by molar-refractivity contribution is 5.99. The Morgan fingerprint density at radius 2 is 1.86 bits per heavy atom. The number of hydrogen-bond acceptors (Lipinski definition) is 2. The summed E-state index contributed by atoms with van der Waals surface area (Å²) in [6, 6.07) is 13.3. The van der Waals surface area contributed by atoms with Crippen LogP contribution in [0.5, 0.6) is 0 Å². The lowest BCUT2D eigenvalue weighted by Crippen LogP contribution is -2.14. The van der Waals surface area contributed by atoms with Gasteiger partial charge in [0.15, 0.2) is 0 Å². The van der Waals surface area contributed by atoms with Crippen LogP contribution in [0.25, 0.3) is 11.1 Å². The van der Waals surface area contributed by atoms with Crippen LogP contribution in [0.15, 0.2) is 55.1 Å². The summed E-state index contributed by atoms with van der Waals surface area (Å²) in [6.45, 7) is 5.41. The van der Waals surface area contributed by atoms with E-state index in [0.717, 1.165) is 22.3 Å². The zero-order valence-electron chi connectivity index (χ0n) is 12.4. The molecule has 112 valence electrons. The van der Waals surface area contributed by atoms with Gasteiger partial charge in [-0.1, -0.05) is 36.9 Å². The third kappa shape index (κ3) is 3.61. The first-order valence-corrected chi connectivity index (χ1v) is 6.92. The van der Waals surface area contributed by atoms with E-state index in [1.807, 2.05) is 49.4 Å². The smallest absolute Gasteiger partial charge is 0.247 e. The van der Waals surface area contributed by atoms with Crippen LogP contribution in [-0.4, -0.2) is 11.8 Å². The second kappa shape index (κ2) is 6.72. The zero-order valence-corrected chi connectivity index (χ0v) is 12.4. The van der Waals surface area contributed by atoms with Crippen LogP contribution < -0.4 is 11.1 Å². The normalized spacial score (nSPS) is 10.0. The Labute approximate surface area is 129 Å². The molecule has 0 saturated heterocycles. The number of benzene rings is 2. The molecule has 0 aliphatic carbocycles. The van der Waals surface area contributed by atoms with E-state index in [4.69, 9.17) is 5.73 Å². The molecule has 0 radical (unpaired) electrons. The van der Waals surface area contributed by atoms with Gasteiger partial charge in [0.1, 0.15) is 0 Å². The lowest BCUT2D eigenvalue weighted by Gasteiger charge is -2.13. The van der Waals surface area contributed by atoms with Crippen LogP contribution in [0.1, 0.15) is 11.1 Å². The Hall–Kier alpha value is -2.88. The molecule has 2 aromatic carbocycles. The number of nitrogens with two attached hydrogens (primary N) is 1. The highest BCUT2D eigenvalue weighted by Crippen LogP contribution is 2.29. The molecule has 0 atom stereocenters. The van der Waals surface area contributed by atoms with Gasteiger partial charge in [-0.25, -0.2) is 0 Å². The Balaban J connectivity index is 2.37. The van der Waals surface area contributed by atoms with Gasteiger partial charge in [-0.3, -0.25) is 9.59 Å². The molecule has 2 aromatic rings. The second-order valence-corrected chi connectivity index (χ2v) is 5.02. The van der Waals surface area contributed by atoms with Crippen LogP contribution >= 0.6 is 0 Å². The van der Waals surface area contributed by atoms with Crippen LogP contribution in [0, 0.1) is 6.92 Å². The number of amides is 2. The maximum atomic E-state index is 11.3. The third-order valence-corrected chi connectivity index (χ3v) is 3.35. The van der Waals surface area contributed by atoms with Gasteiger partial charge in [0.25, 0.3) is 0 Å². The standard InChI is InChI=1S/C18H18N2O2/c1-3-17(22)20-15-9-7-13(8-10-15)18-12(2)5-4-6-14(18)11-16(19)21/h3-10H,1,11H2,2H3,(H2,19,21)(H,20,22). The summed E-state index contributed by atoms with van der Waals surface area (Å²) in [7, 11) is 0. The van der Waals surface area contributed by atoms with Gasteiger partial charge >= 0.3 is 0 Å². The summed E-state index contributed by atoms with van der Waals surface area (Å²) < 4.78 is 0. The fraction of sp³-hybridized carbons (Fsp3) is 0.111. The molecule has 0 heterocycles. The Bertz CT molecular complexity index is 718. The van der Waals surface area contributed by atoms with Crippen LogP contribution in [-0.2, 0) is 16.0 Å². The zero-order chi connectivity index (χ0) is 16.1. The topological polar surface area (TPSA) is 72.2 Å². The molecule has 0 aliphatic rings. The van der Waals surface area contributed by atoms with Crippen LogP contribution in [0.4, 0.5) is 5.69 Å². The molecule has 22 heavy (non-hydrogen) atoms. The molecule has 0 unspecified atom stereocenters. The van der Waals surface area contributed by atoms with Gasteiger partial charge in [0.05, 0.1) is 6.42 Å². The monoisotopic (exact) mass is 294 g/mol. The molecular formula is C18H18N2O2. The summed E-state index contributed by atoms with van der Waals surface area (Å²) >= 11 is 0. The molecular weight excluding hydrogens is 276 g/mol. The van der Waals surface area contributed by atoms with Crippen molar-refractivity contribution >= 4 is 17.5 Å². The van der Waals surface area contributed by atoms with E-state index >= 15 is 0 Å². The predicted molar refractivity (Wildman–Crippen MR) is 88.3 cm³/mol. The molecule has 2 amide bonds. The van der Waals surface area contributed by atoms with Crippen molar-refractivity contribution in [3.8, 4) is 11.1 Å². The SMILES string of the molecule is C=CC(=O)Nc1ccc(-c2c(C)cccc2CC(N)=O)cc1. The number of aryl methyl sites for hydroxylation is 1. The van der Waals surface area contributed by atoms with E-state index in [2.05, 4.69) is 11.9 Å². The van der Waals surface area contributed by atoms with Crippen LogP contribution in [0.2, 0.25) is 0 Å². The van der Waals surface area contributed by atoms with Crippen molar-refractivity contribution in [2.75, 3.05) is 5.32 Å². The predicted octanol–water partition coefficient (Wildman–Crippen LogP) is 2.81. The van der Waals surface area contributed by atoms with E-state index < -0.39 is 0 Å². The van der Waals surface area contributed by atoms with Gasteiger partial charge in [0, 0.05) is 5.69 Å². The summed E-state index contributed by atoms with van der Waals surface area (Å²) in [5, 5.41) is 2.70. The summed E-state index contributed by atoms with van der Waals surface area (Å²) in [5.74, 6) is -0.611. The minimum Gasteiger partial charge on any atom is -0.369 e. The second-order valence-electron chi connectivity index (χ2n) is 5.02. The molecule has 0 aromatic heterocycles. The molecule has 0 fully saturated rings. The summed E-state index contributed by atoms with van der Waals surface area (Å²) in [5.41, 5.74) is 9.96. The largest absolute Gasteiger partial charge is 0.369 e. The van der Waals surface area contributed by atoms with Crippen molar-refractivity contribution < 1.29 is 9.59 Å². The first-order valence-electron chi connectivity index (χ1n) is 6.92. The Kier molecular flexibility index (Phi) is 4.73. The van der Waals surface area contributed by atoms with Crippen molar-refractivity contribution in [3.63, 3.8) is 0 Å².